The van der Waals surface area contributed by atoms with E-state index in [9.17, 15) is 4.79 Å². The van der Waals surface area contributed by atoms with E-state index in [2.05, 4.69) is 44.9 Å². The van der Waals surface area contributed by atoms with Crippen LogP contribution in [-0.2, 0) is 23.7 Å². The minimum Gasteiger partial charge on any atom is -0.412 e. The normalized spacial score (nSPS) is 20.6. The van der Waals surface area contributed by atoms with Crippen molar-refractivity contribution in [1.29, 1.82) is 0 Å². The molecule has 0 bridgehead atoms. The highest BCUT2D eigenvalue weighted by Crippen LogP contribution is 2.41. The van der Waals surface area contributed by atoms with Gasteiger partial charge in [-0.1, -0.05) is 51.3 Å². The van der Waals surface area contributed by atoms with E-state index in [-0.39, 0.29) is 22.7 Å². The fourth-order valence-corrected chi connectivity index (χ4v) is 7.18. The van der Waals surface area contributed by atoms with Gasteiger partial charge in [0.25, 0.3) is 5.56 Å². The smallest absolute Gasteiger partial charge is 0.261 e. The molecule has 2 aromatic heterocycles. The maximum atomic E-state index is 14.0. The molecular formula is C29H38ClN3O2Si. The van der Waals surface area contributed by atoms with E-state index in [0.717, 1.165) is 67.8 Å². The van der Waals surface area contributed by atoms with E-state index >= 15 is 0 Å². The Bertz CT molecular complexity index is 1330. The van der Waals surface area contributed by atoms with E-state index in [1.54, 1.807) is 0 Å². The Balaban J connectivity index is 1.56. The van der Waals surface area contributed by atoms with Crippen LogP contribution in [0.25, 0.3) is 10.9 Å². The average molecular weight is 524 g/mol. The van der Waals surface area contributed by atoms with Crippen LogP contribution in [0.15, 0.2) is 35.5 Å². The minimum absolute atomic E-state index is 0.0365. The van der Waals surface area contributed by atoms with Crippen LogP contribution >= 0.6 is 11.6 Å². The third-order valence-corrected chi connectivity index (χ3v) is 13.4. The molecule has 2 atom stereocenters. The summed E-state index contributed by atoms with van der Waals surface area (Å²) in [4.78, 5) is 23.2. The Hall–Kier alpha value is -2.02. The second-order valence-electron chi connectivity index (χ2n) is 12.1. The van der Waals surface area contributed by atoms with Gasteiger partial charge in [0.05, 0.1) is 29.4 Å². The molecule has 0 aliphatic heterocycles. The number of halogens is 1. The zero-order valence-electron chi connectivity index (χ0n) is 22.2. The summed E-state index contributed by atoms with van der Waals surface area (Å²) in [5.74, 6) is 0. The van der Waals surface area contributed by atoms with Crippen LogP contribution < -0.4 is 5.56 Å². The highest BCUT2D eigenvalue weighted by atomic mass is 35.5. The summed E-state index contributed by atoms with van der Waals surface area (Å²) in [6.07, 6.45) is 11.8. The summed E-state index contributed by atoms with van der Waals surface area (Å²) in [6.45, 7) is 11.4. The van der Waals surface area contributed by atoms with Gasteiger partial charge >= 0.3 is 0 Å². The van der Waals surface area contributed by atoms with E-state index in [4.69, 9.17) is 21.0 Å². The SMILES string of the molecule is CC(C)(C)[Si](C)(C)O[C@H]1CCCC[C@@H]1n1cnc2c3c(c(Cc4ccc(Cl)nc4)cc2c1=O)CCC3. The van der Waals surface area contributed by atoms with Gasteiger partial charge in [-0.25, -0.2) is 9.97 Å². The van der Waals surface area contributed by atoms with Crippen LogP contribution in [0.2, 0.25) is 23.3 Å². The van der Waals surface area contributed by atoms with E-state index in [0.29, 0.717) is 5.15 Å². The number of hydrogen-bond acceptors (Lipinski definition) is 4. The fraction of sp³-hybridized carbons (Fsp3) is 0.552. The standard InChI is InChI=1S/C29H38ClN3O2Si/c1-29(2,3)36(4,5)35-25-12-7-6-11-24(25)33-18-32-27-22-10-8-9-21(22)20(16-23(27)28(33)34)15-19-13-14-26(30)31-17-19/h13-14,16-18,24-25H,6-12,15H2,1-5H3/t24-,25-/m0/s1. The Morgan fingerprint density at radius 1 is 1.08 bits per heavy atom. The first-order valence-corrected chi connectivity index (χ1v) is 16.7. The monoisotopic (exact) mass is 523 g/mol. The van der Waals surface area contributed by atoms with Crippen molar-refractivity contribution in [2.75, 3.05) is 0 Å². The van der Waals surface area contributed by atoms with Crippen LogP contribution in [0, 0.1) is 0 Å². The van der Waals surface area contributed by atoms with Crippen LogP contribution in [0.1, 0.15) is 81.2 Å². The summed E-state index contributed by atoms with van der Waals surface area (Å²) >= 11 is 6.00. The van der Waals surface area contributed by atoms with Crippen LogP contribution in [0.3, 0.4) is 0 Å². The number of aryl methyl sites for hydroxylation is 1. The highest BCUT2D eigenvalue weighted by Gasteiger charge is 2.42. The van der Waals surface area contributed by atoms with Crippen molar-refractivity contribution in [3.05, 3.63) is 68.5 Å². The molecule has 0 unspecified atom stereocenters. The number of nitrogens with zero attached hydrogens (tertiary/aromatic N) is 3. The molecule has 0 N–H and O–H groups in total. The molecule has 5 rings (SSSR count). The van der Waals surface area contributed by atoms with E-state index < -0.39 is 8.32 Å². The first-order valence-electron chi connectivity index (χ1n) is 13.4. The van der Waals surface area contributed by atoms with Gasteiger partial charge in [-0.2, -0.15) is 0 Å². The maximum Gasteiger partial charge on any atom is 0.261 e. The minimum atomic E-state index is -1.96. The zero-order valence-corrected chi connectivity index (χ0v) is 24.0. The van der Waals surface area contributed by atoms with Gasteiger partial charge in [-0.3, -0.25) is 9.36 Å². The van der Waals surface area contributed by atoms with Crippen LogP contribution in [0.5, 0.6) is 0 Å². The topological polar surface area (TPSA) is 57.0 Å². The molecule has 5 nitrogen and oxygen atoms in total. The number of fused-ring (bicyclic) bond motifs is 3. The lowest BCUT2D eigenvalue weighted by Crippen LogP contribution is -2.48. The predicted octanol–water partition coefficient (Wildman–Crippen LogP) is 7.03. The third kappa shape index (κ3) is 4.80. The molecule has 0 radical (unpaired) electrons. The van der Waals surface area contributed by atoms with Gasteiger partial charge in [0.15, 0.2) is 8.32 Å². The first kappa shape index (κ1) is 25.6. The van der Waals surface area contributed by atoms with Crippen molar-refractivity contribution in [2.45, 2.75) is 102 Å². The molecule has 2 heterocycles. The first-order chi connectivity index (χ1) is 17.0. The zero-order chi connectivity index (χ0) is 25.7. The summed E-state index contributed by atoms with van der Waals surface area (Å²) in [5.41, 5.74) is 5.89. The van der Waals surface area contributed by atoms with Gasteiger partial charge in [-0.15, -0.1) is 0 Å². The quantitative estimate of drug-likeness (QED) is 0.266. The molecule has 0 saturated heterocycles. The number of pyridine rings is 1. The van der Waals surface area contributed by atoms with Gasteiger partial charge in [0.1, 0.15) is 5.15 Å². The Morgan fingerprint density at radius 2 is 1.83 bits per heavy atom. The average Bonchev–Trinajstić information content (AvgIpc) is 3.32. The number of benzene rings is 1. The van der Waals surface area contributed by atoms with Gasteiger partial charge in [-0.05, 0) is 91.0 Å². The lowest BCUT2D eigenvalue weighted by Gasteiger charge is -2.43. The number of rotatable bonds is 5. The molecule has 2 aliphatic carbocycles. The molecule has 7 heteroatoms. The number of aromatic nitrogens is 3. The second-order valence-corrected chi connectivity index (χ2v) is 17.3. The second kappa shape index (κ2) is 9.69. The fourth-order valence-electron chi connectivity index (χ4n) is 5.69. The van der Waals surface area contributed by atoms with E-state index in [1.165, 1.54) is 16.7 Å². The third-order valence-electron chi connectivity index (χ3n) is 8.70. The maximum absolute atomic E-state index is 14.0. The molecule has 2 aliphatic rings. The van der Waals surface area contributed by atoms with Crippen molar-refractivity contribution in [3.8, 4) is 0 Å². The summed E-state index contributed by atoms with van der Waals surface area (Å²) < 4.78 is 8.79. The molecule has 1 saturated carbocycles. The molecule has 1 fully saturated rings. The molecule has 0 spiro atoms. The molecule has 3 aromatic rings. The molecule has 192 valence electrons. The largest absolute Gasteiger partial charge is 0.412 e. The Labute approximate surface area is 220 Å². The van der Waals surface area contributed by atoms with Crippen LogP contribution in [-0.4, -0.2) is 29.0 Å². The van der Waals surface area contributed by atoms with Crippen molar-refractivity contribution < 1.29 is 4.43 Å². The molecule has 0 amide bonds. The Kier molecular flexibility index (Phi) is 6.90. The highest BCUT2D eigenvalue weighted by molar-refractivity contribution is 6.74. The summed E-state index contributed by atoms with van der Waals surface area (Å²) in [7, 11) is -1.96. The lowest BCUT2D eigenvalue weighted by molar-refractivity contribution is 0.0824. The summed E-state index contributed by atoms with van der Waals surface area (Å²) in [5, 5.41) is 1.37. The van der Waals surface area contributed by atoms with Crippen molar-refractivity contribution in [3.63, 3.8) is 0 Å². The van der Waals surface area contributed by atoms with Crippen LogP contribution in [0.4, 0.5) is 0 Å². The van der Waals surface area contributed by atoms with Crippen molar-refractivity contribution in [2.24, 2.45) is 0 Å². The Morgan fingerprint density at radius 3 is 2.56 bits per heavy atom. The lowest BCUT2D eigenvalue weighted by atomic mass is 9.92. The predicted molar refractivity (Wildman–Crippen MR) is 150 cm³/mol. The van der Waals surface area contributed by atoms with Gasteiger partial charge in [0, 0.05) is 6.20 Å². The molecular weight excluding hydrogens is 486 g/mol. The molecule has 1 aromatic carbocycles. The number of hydrogen-bond donors (Lipinski definition) is 0. The van der Waals surface area contributed by atoms with Crippen molar-refractivity contribution in [1.82, 2.24) is 14.5 Å². The molecule has 36 heavy (non-hydrogen) atoms. The van der Waals surface area contributed by atoms with Gasteiger partial charge < -0.3 is 4.43 Å². The summed E-state index contributed by atoms with van der Waals surface area (Å²) in [6, 6.07) is 5.99. The van der Waals surface area contributed by atoms with Crippen molar-refractivity contribution >= 4 is 30.8 Å². The van der Waals surface area contributed by atoms with E-state index in [1.807, 2.05) is 29.2 Å². The van der Waals surface area contributed by atoms with Gasteiger partial charge in [0.2, 0.25) is 0 Å².